The molecule has 208 valence electrons. The number of halogens is 3. The van der Waals surface area contributed by atoms with Crippen molar-refractivity contribution < 1.29 is 22.7 Å². The van der Waals surface area contributed by atoms with Gasteiger partial charge in [0.15, 0.2) is 0 Å². The molecular formula is C33H38F3NO2. The van der Waals surface area contributed by atoms with E-state index in [4.69, 9.17) is 4.74 Å². The van der Waals surface area contributed by atoms with Gasteiger partial charge in [0.25, 0.3) is 0 Å². The first-order chi connectivity index (χ1) is 18.8. The molecule has 3 aliphatic rings. The van der Waals surface area contributed by atoms with Gasteiger partial charge in [0.1, 0.15) is 6.10 Å². The lowest BCUT2D eigenvalue weighted by molar-refractivity contribution is -0.144. The van der Waals surface area contributed by atoms with Crippen molar-refractivity contribution in [2.45, 2.75) is 65.2 Å². The largest absolute Gasteiger partial charge is 0.462 e. The minimum atomic E-state index is -4.37. The molecule has 2 aromatic rings. The Morgan fingerprint density at radius 3 is 2.33 bits per heavy atom. The molecule has 0 spiro atoms. The Kier molecular flexibility index (Phi) is 11.9. The summed E-state index contributed by atoms with van der Waals surface area (Å²) in [6.07, 6.45) is 23.2. The summed E-state index contributed by atoms with van der Waals surface area (Å²) >= 11 is 0. The lowest BCUT2D eigenvalue weighted by Gasteiger charge is -2.45. The van der Waals surface area contributed by atoms with Crippen molar-refractivity contribution in [2.24, 2.45) is 29.6 Å². The van der Waals surface area contributed by atoms with Gasteiger partial charge in [-0.25, -0.2) is 0 Å². The lowest BCUT2D eigenvalue weighted by atomic mass is 9.57. The van der Waals surface area contributed by atoms with Crippen LogP contribution in [0.25, 0.3) is 17.2 Å². The normalized spacial score (nSPS) is 27.2. The maximum atomic E-state index is 13.0. The molecule has 5 rings (SSSR count). The zero-order chi connectivity index (χ0) is 29.2. The molecule has 0 N–H and O–H groups in total. The van der Waals surface area contributed by atoms with Crippen molar-refractivity contribution in [2.75, 3.05) is 0 Å². The maximum absolute atomic E-state index is 13.0. The highest BCUT2D eigenvalue weighted by atomic mass is 19.4. The van der Waals surface area contributed by atoms with Crippen LogP contribution in [0.2, 0.25) is 0 Å². The molecule has 1 aromatic carbocycles. The van der Waals surface area contributed by atoms with E-state index < -0.39 is 11.7 Å². The summed E-state index contributed by atoms with van der Waals surface area (Å²) in [5.74, 6) is 1.57. The molecule has 39 heavy (non-hydrogen) atoms. The molecule has 2 heterocycles. The monoisotopic (exact) mass is 537 g/mol. The highest BCUT2D eigenvalue weighted by Gasteiger charge is 2.53. The van der Waals surface area contributed by atoms with E-state index in [2.05, 4.69) is 36.8 Å². The fraction of sp³-hybridized carbons (Fsp3) is 0.455. The first-order valence-electron chi connectivity index (χ1n) is 13.5. The summed E-state index contributed by atoms with van der Waals surface area (Å²) in [5.41, 5.74) is 1.23. The number of pyridine rings is 1. The minimum Gasteiger partial charge on any atom is -0.462 e. The molecule has 1 aliphatic heterocycles. The number of aromatic nitrogens is 1. The summed E-state index contributed by atoms with van der Waals surface area (Å²) in [7, 11) is 0. The number of allylic oxidation sites excluding steroid dienone is 1. The first-order valence-corrected chi connectivity index (χ1v) is 13.5. The Morgan fingerprint density at radius 1 is 1.00 bits per heavy atom. The molecular weight excluding hydrogens is 499 g/mol. The van der Waals surface area contributed by atoms with Crippen LogP contribution in [0.15, 0.2) is 48.7 Å². The number of terminal acetylenes is 2. The predicted molar refractivity (Wildman–Crippen MR) is 151 cm³/mol. The SMILES string of the molecule is C#C.C#C.CC.C[C@H]1OC(=O)[C@@H]2C[C@@H]3CCCCC3[C@H](/C=C/c3ccc(-c4cccc(C(F)(F)F)c4)cn3)[C@H]12. The number of esters is 1. The van der Waals surface area contributed by atoms with Gasteiger partial charge in [-0.2, -0.15) is 13.2 Å². The third-order valence-corrected chi connectivity index (χ3v) is 7.87. The molecule has 6 heteroatoms. The smallest absolute Gasteiger partial charge is 0.416 e. The number of cyclic esters (lactones) is 1. The van der Waals surface area contributed by atoms with Gasteiger partial charge in [-0.3, -0.25) is 9.78 Å². The molecule has 0 bridgehead atoms. The van der Waals surface area contributed by atoms with Crippen LogP contribution in [0.4, 0.5) is 13.2 Å². The first kappa shape index (κ1) is 31.7. The fourth-order valence-electron chi connectivity index (χ4n) is 6.35. The van der Waals surface area contributed by atoms with E-state index in [9.17, 15) is 18.0 Å². The van der Waals surface area contributed by atoms with E-state index in [0.717, 1.165) is 24.2 Å². The number of ether oxygens (including phenoxy) is 1. The number of nitrogens with zero attached hydrogens (tertiary/aromatic N) is 1. The minimum absolute atomic E-state index is 0.00903. The number of alkyl halides is 3. The summed E-state index contributed by atoms with van der Waals surface area (Å²) in [4.78, 5) is 16.9. The van der Waals surface area contributed by atoms with Crippen molar-refractivity contribution in [3.05, 3.63) is 59.9 Å². The van der Waals surface area contributed by atoms with Gasteiger partial charge in [-0.05, 0) is 67.4 Å². The summed E-state index contributed by atoms with van der Waals surface area (Å²) < 4.78 is 44.7. The second kappa shape index (κ2) is 14.6. The van der Waals surface area contributed by atoms with Crippen molar-refractivity contribution in [1.29, 1.82) is 0 Å². The van der Waals surface area contributed by atoms with Gasteiger partial charge in [0.05, 0.1) is 17.2 Å². The highest BCUT2D eigenvalue weighted by molar-refractivity contribution is 5.75. The number of benzene rings is 1. The quantitative estimate of drug-likeness (QED) is 0.292. The van der Waals surface area contributed by atoms with Gasteiger partial charge >= 0.3 is 12.1 Å². The van der Waals surface area contributed by atoms with E-state index >= 15 is 0 Å². The number of carbonyl (C=O) groups is 1. The molecule has 1 aromatic heterocycles. The number of rotatable bonds is 3. The molecule has 2 saturated carbocycles. The third kappa shape index (κ3) is 7.33. The Morgan fingerprint density at radius 2 is 1.69 bits per heavy atom. The molecule has 3 fully saturated rings. The average Bonchev–Trinajstić information content (AvgIpc) is 3.26. The van der Waals surface area contributed by atoms with Crippen molar-refractivity contribution in [3.8, 4) is 36.8 Å². The van der Waals surface area contributed by atoms with Gasteiger partial charge in [-0.1, -0.05) is 57.4 Å². The van der Waals surface area contributed by atoms with Crippen molar-refractivity contribution >= 4 is 12.0 Å². The number of hydrogen-bond donors (Lipinski definition) is 0. The highest BCUT2D eigenvalue weighted by Crippen LogP contribution is 2.53. The van der Waals surface area contributed by atoms with Crippen molar-refractivity contribution in [1.82, 2.24) is 4.98 Å². The number of carbonyl (C=O) groups excluding carboxylic acids is 1. The summed E-state index contributed by atoms with van der Waals surface area (Å²) in [6, 6.07) is 8.94. The molecule has 1 saturated heterocycles. The lowest BCUT2D eigenvalue weighted by Crippen LogP contribution is -2.42. The Hall–Kier alpha value is -3.51. The molecule has 2 aliphatic carbocycles. The van der Waals surface area contributed by atoms with E-state index in [0.29, 0.717) is 23.0 Å². The Balaban J connectivity index is 0.000000833. The van der Waals surface area contributed by atoms with Crippen LogP contribution in [-0.2, 0) is 15.7 Å². The number of hydrogen-bond acceptors (Lipinski definition) is 3. The van der Waals surface area contributed by atoms with Gasteiger partial charge < -0.3 is 4.74 Å². The van der Waals surface area contributed by atoms with Crippen LogP contribution in [0.1, 0.15) is 64.1 Å². The average molecular weight is 538 g/mol. The molecule has 0 radical (unpaired) electrons. The zero-order valence-electron chi connectivity index (χ0n) is 22.9. The molecule has 6 atom stereocenters. The van der Waals surface area contributed by atoms with Crippen LogP contribution in [-0.4, -0.2) is 17.1 Å². The van der Waals surface area contributed by atoms with E-state index in [1.165, 1.54) is 31.7 Å². The standard InChI is InChI=1S/C27H28F3NO2.C2H6.2C2H2/c1-16-25-23(22-8-3-2-5-18(22)14-24(25)26(32)33-16)12-11-21-10-9-19(15-31-21)17-6-4-7-20(13-17)27(28,29)30;3*1-2/h4,6-7,9-13,15-16,18,22-25H,2-3,5,8,14H2,1H3;1-2H3;2*1-2H/b12-11+;;;/t16-,18+,22?,23+,24-,25+;;;/m1.../s1. The van der Waals surface area contributed by atoms with E-state index in [-0.39, 0.29) is 29.8 Å². The van der Waals surface area contributed by atoms with Crippen LogP contribution >= 0.6 is 0 Å². The molecule has 3 nitrogen and oxygen atoms in total. The van der Waals surface area contributed by atoms with E-state index in [1.54, 1.807) is 18.3 Å². The van der Waals surface area contributed by atoms with Crippen LogP contribution in [0.3, 0.4) is 0 Å². The molecule has 1 unspecified atom stereocenters. The summed E-state index contributed by atoms with van der Waals surface area (Å²) in [5, 5.41) is 0. The number of fused-ring (bicyclic) bond motifs is 2. The zero-order valence-corrected chi connectivity index (χ0v) is 22.9. The van der Waals surface area contributed by atoms with Gasteiger partial charge in [0, 0.05) is 17.7 Å². The second-order valence-corrected chi connectivity index (χ2v) is 9.76. The van der Waals surface area contributed by atoms with Crippen LogP contribution in [0, 0.1) is 55.3 Å². The summed E-state index contributed by atoms with van der Waals surface area (Å²) in [6.45, 7) is 6.01. The Labute approximate surface area is 231 Å². The van der Waals surface area contributed by atoms with Gasteiger partial charge in [0.2, 0.25) is 0 Å². The van der Waals surface area contributed by atoms with Crippen LogP contribution < -0.4 is 0 Å². The van der Waals surface area contributed by atoms with Crippen LogP contribution in [0.5, 0.6) is 0 Å². The topological polar surface area (TPSA) is 39.2 Å². The van der Waals surface area contributed by atoms with Gasteiger partial charge in [-0.15, -0.1) is 25.7 Å². The Bertz CT molecular complexity index is 1130. The predicted octanol–water partition coefficient (Wildman–Crippen LogP) is 8.31. The van der Waals surface area contributed by atoms with E-state index in [1.807, 2.05) is 32.9 Å². The second-order valence-electron chi connectivity index (χ2n) is 9.76. The fourth-order valence-corrected chi connectivity index (χ4v) is 6.35. The maximum Gasteiger partial charge on any atom is 0.416 e. The van der Waals surface area contributed by atoms with Crippen molar-refractivity contribution in [3.63, 3.8) is 0 Å². The third-order valence-electron chi connectivity index (χ3n) is 7.87. The molecule has 0 amide bonds.